The number of hydrogen-bond donors (Lipinski definition) is 3. The first kappa shape index (κ1) is 26.6. The molecule has 6 atom stereocenters. The van der Waals surface area contributed by atoms with Gasteiger partial charge in [0, 0.05) is 29.1 Å². The van der Waals surface area contributed by atoms with Gasteiger partial charge in [-0.3, -0.25) is 9.59 Å². The van der Waals surface area contributed by atoms with E-state index in [-0.39, 0.29) is 34.1 Å². The molecule has 37 heavy (non-hydrogen) atoms. The summed E-state index contributed by atoms with van der Waals surface area (Å²) in [6.07, 6.45) is 2.61. The fraction of sp³-hybridized carbons (Fsp3) is 0.517. The third-order valence-electron chi connectivity index (χ3n) is 8.26. The van der Waals surface area contributed by atoms with Crippen LogP contribution in [-0.2, 0) is 15.0 Å². The average molecular weight is 547 g/mol. The third-order valence-corrected chi connectivity index (χ3v) is 8.78. The molecule has 5 rings (SSSR count). The van der Waals surface area contributed by atoms with Gasteiger partial charge in [-0.05, 0) is 72.4 Å². The Morgan fingerprint density at radius 1 is 1.19 bits per heavy atom. The van der Waals surface area contributed by atoms with E-state index in [4.69, 9.17) is 23.2 Å². The van der Waals surface area contributed by atoms with Crippen LogP contribution in [0.1, 0.15) is 69.9 Å². The number of Topliss-reactive ketones (excluding diaryl/α,β-unsaturated/α-hetero) is 1. The fourth-order valence-corrected chi connectivity index (χ4v) is 7.19. The van der Waals surface area contributed by atoms with Crippen molar-refractivity contribution < 1.29 is 19.1 Å². The largest absolute Gasteiger partial charge is 0.393 e. The maximum atomic E-state index is 15.0. The summed E-state index contributed by atoms with van der Waals surface area (Å²) in [5.74, 6) is -1.40. The minimum Gasteiger partial charge on any atom is -0.393 e. The Labute approximate surface area is 227 Å². The van der Waals surface area contributed by atoms with Crippen LogP contribution in [0, 0.1) is 17.2 Å². The molecule has 0 radical (unpaired) electrons. The highest BCUT2D eigenvalue weighted by Gasteiger charge is 2.65. The van der Waals surface area contributed by atoms with Crippen molar-refractivity contribution in [3.05, 3.63) is 63.4 Å². The zero-order valence-corrected chi connectivity index (χ0v) is 22.8. The number of benzene rings is 2. The molecule has 2 fully saturated rings. The fourth-order valence-electron chi connectivity index (χ4n) is 6.83. The van der Waals surface area contributed by atoms with Crippen LogP contribution in [0.2, 0.25) is 10.0 Å². The number of rotatable bonds is 5. The van der Waals surface area contributed by atoms with Gasteiger partial charge in [-0.15, -0.1) is 0 Å². The summed E-state index contributed by atoms with van der Waals surface area (Å²) in [4.78, 5) is 28.1. The van der Waals surface area contributed by atoms with Crippen molar-refractivity contribution in [2.75, 3.05) is 5.32 Å². The normalized spacial score (nSPS) is 31.1. The lowest BCUT2D eigenvalue weighted by molar-refractivity contribution is -0.123. The number of ketones is 1. The van der Waals surface area contributed by atoms with Crippen molar-refractivity contribution in [2.45, 2.75) is 82.4 Å². The molecule has 3 N–H and O–H groups in total. The first-order valence-electron chi connectivity index (χ1n) is 12.9. The highest BCUT2D eigenvalue weighted by Crippen LogP contribution is 2.57. The van der Waals surface area contributed by atoms with E-state index in [2.05, 4.69) is 31.4 Å². The number of aliphatic hydroxyl groups is 1. The van der Waals surface area contributed by atoms with Crippen LogP contribution >= 0.6 is 23.2 Å². The molecule has 1 aliphatic carbocycles. The van der Waals surface area contributed by atoms with Gasteiger partial charge < -0.3 is 15.7 Å². The summed E-state index contributed by atoms with van der Waals surface area (Å²) in [6, 6.07) is 8.93. The van der Waals surface area contributed by atoms with Gasteiger partial charge in [0.05, 0.1) is 17.2 Å². The molecule has 1 amide bonds. The highest BCUT2D eigenvalue weighted by molar-refractivity contribution is 6.31. The minimum atomic E-state index is -1.24. The molecule has 1 saturated carbocycles. The number of carbonyl (C=O) groups is 2. The van der Waals surface area contributed by atoms with Crippen LogP contribution in [-0.4, -0.2) is 35.0 Å². The molecule has 3 aliphatic rings. The van der Waals surface area contributed by atoms with Gasteiger partial charge >= 0.3 is 0 Å². The molecular formula is C29H33Cl2FN2O3. The number of carbonyl (C=O) groups excluding carboxylic acids is 2. The SMILES string of the molecule is CC(C)(C)C[C@H]1N[C@@H](C(=O)CC2CC[C@H](O)C2)[C@H](c2cccc(Cl)c2)[C@@]12C(=O)Nc1cc(Cl)c(F)cc12. The van der Waals surface area contributed by atoms with E-state index in [1.54, 1.807) is 12.1 Å². The molecule has 0 aromatic heterocycles. The van der Waals surface area contributed by atoms with E-state index in [1.165, 1.54) is 12.1 Å². The molecule has 2 aromatic carbocycles. The van der Waals surface area contributed by atoms with E-state index in [9.17, 15) is 19.1 Å². The minimum absolute atomic E-state index is 0.00412. The van der Waals surface area contributed by atoms with E-state index < -0.39 is 29.2 Å². The molecule has 2 heterocycles. The van der Waals surface area contributed by atoms with Crippen LogP contribution in [0.3, 0.4) is 0 Å². The lowest BCUT2D eigenvalue weighted by atomic mass is 9.62. The van der Waals surface area contributed by atoms with E-state index in [0.717, 1.165) is 12.0 Å². The molecule has 1 saturated heterocycles. The van der Waals surface area contributed by atoms with Gasteiger partial charge in [0.2, 0.25) is 5.91 Å². The number of halogens is 3. The average Bonchev–Trinajstić information content (AvgIpc) is 3.43. The first-order valence-corrected chi connectivity index (χ1v) is 13.7. The van der Waals surface area contributed by atoms with Crippen molar-refractivity contribution >= 4 is 40.6 Å². The summed E-state index contributed by atoms with van der Waals surface area (Å²) in [7, 11) is 0. The number of hydrogen-bond acceptors (Lipinski definition) is 4. The summed E-state index contributed by atoms with van der Waals surface area (Å²) < 4.78 is 15.0. The summed E-state index contributed by atoms with van der Waals surface area (Å²) in [5.41, 5.74) is 0.299. The lowest BCUT2D eigenvalue weighted by Crippen LogP contribution is -2.49. The van der Waals surface area contributed by atoms with Crippen LogP contribution in [0.25, 0.3) is 0 Å². The molecule has 198 valence electrons. The predicted molar refractivity (Wildman–Crippen MR) is 144 cm³/mol. The van der Waals surface area contributed by atoms with Crippen molar-refractivity contribution in [1.82, 2.24) is 5.32 Å². The highest BCUT2D eigenvalue weighted by atomic mass is 35.5. The summed E-state index contributed by atoms with van der Waals surface area (Å²) in [6.45, 7) is 6.26. The van der Waals surface area contributed by atoms with Gasteiger partial charge in [0.25, 0.3) is 0 Å². The molecular weight excluding hydrogens is 514 g/mol. The zero-order chi connectivity index (χ0) is 26.7. The molecule has 1 spiro atoms. The monoisotopic (exact) mass is 546 g/mol. The lowest BCUT2D eigenvalue weighted by Gasteiger charge is -2.37. The molecule has 5 nitrogen and oxygen atoms in total. The van der Waals surface area contributed by atoms with E-state index in [0.29, 0.717) is 42.0 Å². The molecule has 2 aromatic rings. The Kier molecular flexibility index (Phi) is 6.93. The van der Waals surface area contributed by atoms with E-state index >= 15 is 0 Å². The van der Waals surface area contributed by atoms with Crippen molar-refractivity contribution in [3.8, 4) is 0 Å². The Balaban J connectivity index is 1.69. The molecule has 1 unspecified atom stereocenters. The van der Waals surface area contributed by atoms with Crippen LogP contribution in [0.4, 0.5) is 10.1 Å². The smallest absolute Gasteiger partial charge is 0.237 e. The van der Waals surface area contributed by atoms with Crippen LogP contribution in [0.5, 0.6) is 0 Å². The first-order chi connectivity index (χ1) is 17.4. The van der Waals surface area contributed by atoms with E-state index in [1.807, 2.05) is 12.1 Å². The van der Waals surface area contributed by atoms with Crippen molar-refractivity contribution in [2.24, 2.45) is 11.3 Å². The number of amides is 1. The van der Waals surface area contributed by atoms with Crippen molar-refractivity contribution in [3.63, 3.8) is 0 Å². The Morgan fingerprint density at radius 2 is 1.95 bits per heavy atom. The second kappa shape index (κ2) is 9.64. The maximum absolute atomic E-state index is 15.0. The van der Waals surface area contributed by atoms with Gasteiger partial charge in [0.1, 0.15) is 11.2 Å². The standard InChI is InChI=1S/C29H33Cl2FN2O3/c1-28(2,3)14-24-29(19-12-21(32)20(31)13-22(19)33-27(29)37)25(16-5-4-6-17(30)11-16)26(34-24)23(36)10-15-7-8-18(35)9-15/h4-6,11-13,15,18,24-26,34-35H,7-10,14H2,1-3H3,(H,33,37)/t15?,18-,24+,25-,26-,29-/m0/s1. The van der Waals surface area contributed by atoms with Gasteiger partial charge in [-0.1, -0.05) is 56.1 Å². The third kappa shape index (κ3) is 4.71. The Bertz CT molecular complexity index is 1250. The zero-order valence-electron chi connectivity index (χ0n) is 21.3. The van der Waals surface area contributed by atoms with Crippen LogP contribution in [0.15, 0.2) is 36.4 Å². The number of anilines is 1. The Hall–Kier alpha value is -1.99. The molecule has 0 bridgehead atoms. The van der Waals surface area contributed by atoms with Crippen LogP contribution < -0.4 is 10.6 Å². The number of fused-ring (bicyclic) bond motifs is 2. The van der Waals surface area contributed by atoms with Crippen molar-refractivity contribution in [1.29, 1.82) is 0 Å². The molecule has 8 heteroatoms. The topological polar surface area (TPSA) is 78.4 Å². The quantitative estimate of drug-likeness (QED) is 0.429. The number of aliphatic hydroxyl groups excluding tert-OH is 1. The van der Waals surface area contributed by atoms with Gasteiger partial charge in [-0.2, -0.15) is 0 Å². The summed E-state index contributed by atoms with van der Waals surface area (Å²) in [5, 5.41) is 17.0. The summed E-state index contributed by atoms with van der Waals surface area (Å²) >= 11 is 12.5. The van der Waals surface area contributed by atoms with Gasteiger partial charge in [0.15, 0.2) is 5.78 Å². The second-order valence-electron chi connectivity index (χ2n) is 12.1. The maximum Gasteiger partial charge on any atom is 0.237 e. The number of nitrogens with one attached hydrogen (secondary N) is 2. The predicted octanol–water partition coefficient (Wildman–Crippen LogP) is 6.00. The second-order valence-corrected chi connectivity index (χ2v) is 13.0. The Morgan fingerprint density at radius 3 is 2.59 bits per heavy atom. The van der Waals surface area contributed by atoms with Gasteiger partial charge in [-0.25, -0.2) is 4.39 Å². The molecule has 2 aliphatic heterocycles.